The molecule has 1 N–H and O–H groups in total. The molecule has 0 atom stereocenters. The van der Waals surface area contributed by atoms with E-state index in [1.807, 2.05) is 47.8 Å². The van der Waals surface area contributed by atoms with E-state index in [0.717, 1.165) is 25.7 Å². The normalized spacial score (nSPS) is 19.0. The van der Waals surface area contributed by atoms with Crippen molar-refractivity contribution in [1.82, 2.24) is 4.31 Å². The minimum atomic E-state index is -3.55. The van der Waals surface area contributed by atoms with Gasteiger partial charge in [0.2, 0.25) is 10.0 Å². The Morgan fingerprint density at radius 1 is 0.903 bits per heavy atom. The van der Waals surface area contributed by atoms with Gasteiger partial charge in [-0.25, -0.2) is 8.42 Å². The second-order valence-corrected chi connectivity index (χ2v) is 12.5. The van der Waals surface area contributed by atoms with Crippen LogP contribution in [0.15, 0.2) is 53.4 Å². The van der Waals surface area contributed by atoms with E-state index in [1.165, 1.54) is 23.5 Å². The lowest BCUT2D eigenvalue weighted by molar-refractivity contribution is 0.102. The van der Waals surface area contributed by atoms with Crippen LogP contribution in [0.5, 0.6) is 0 Å². The van der Waals surface area contributed by atoms with Crippen LogP contribution in [0.4, 0.5) is 5.69 Å². The van der Waals surface area contributed by atoms with Crippen molar-refractivity contribution in [2.24, 2.45) is 0 Å². The molecule has 0 aliphatic carbocycles. The van der Waals surface area contributed by atoms with Gasteiger partial charge in [-0.2, -0.15) is 4.31 Å². The van der Waals surface area contributed by atoms with Gasteiger partial charge >= 0.3 is 0 Å². The number of carbonyl (C=O) groups is 1. The highest BCUT2D eigenvalue weighted by Gasteiger charge is 2.25. The fourth-order valence-corrected chi connectivity index (χ4v) is 8.30. The molecule has 0 unspecified atom stereocenters. The zero-order valence-corrected chi connectivity index (χ0v) is 19.9. The largest absolute Gasteiger partial charge is 0.322 e. The molecule has 4 rings (SSSR count). The first-order valence-electron chi connectivity index (χ1n) is 10.8. The summed E-state index contributed by atoms with van der Waals surface area (Å²) in [6.07, 6.45) is 5.17. The van der Waals surface area contributed by atoms with Crippen molar-refractivity contribution in [2.45, 2.75) is 41.6 Å². The van der Waals surface area contributed by atoms with Gasteiger partial charge in [0, 0.05) is 24.3 Å². The van der Waals surface area contributed by atoms with Crippen LogP contribution in [0.3, 0.4) is 0 Å². The van der Waals surface area contributed by atoms with Gasteiger partial charge in [0.25, 0.3) is 5.91 Å². The number of nitrogens with zero attached hydrogens (tertiary/aromatic N) is 1. The third kappa shape index (κ3) is 5.66. The molecule has 0 radical (unpaired) electrons. The molecule has 2 heterocycles. The Labute approximate surface area is 193 Å². The first-order chi connectivity index (χ1) is 15.0. The summed E-state index contributed by atoms with van der Waals surface area (Å²) in [5, 5.41) is 2.85. The summed E-state index contributed by atoms with van der Waals surface area (Å²) in [5.41, 5.74) is 2.29. The highest BCUT2D eigenvalue weighted by molar-refractivity contribution is 8.16. The minimum Gasteiger partial charge on any atom is -0.322 e. The number of hydrogen-bond acceptors (Lipinski definition) is 5. The average Bonchev–Trinajstić information content (AvgIpc) is 3.10. The predicted molar refractivity (Wildman–Crippen MR) is 130 cm³/mol. The van der Waals surface area contributed by atoms with E-state index in [1.54, 1.807) is 28.6 Å². The Morgan fingerprint density at radius 3 is 2.26 bits per heavy atom. The molecule has 5 nitrogen and oxygen atoms in total. The van der Waals surface area contributed by atoms with E-state index >= 15 is 0 Å². The van der Waals surface area contributed by atoms with Crippen LogP contribution in [0.25, 0.3) is 0 Å². The Balaban J connectivity index is 1.45. The van der Waals surface area contributed by atoms with Crippen LogP contribution in [0, 0.1) is 0 Å². The molecule has 2 fully saturated rings. The van der Waals surface area contributed by atoms with Crippen LogP contribution >= 0.6 is 23.5 Å². The van der Waals surface area contributed by atoms with Gasteiger partial charge in [-0.05, 0) is 66.7 Å². The van der Waals surface area contributed by atoms with Crippen LogP contribution < -0.4 is 5.32 Å². The van der Waals surface area contributed by atoms with E-state index in [4.69, 9.17) is 0 Å². The van der Waals surface area contributed by atoms with Crippen LogP contribution in [-0.4, -0.2) is 43.2 Å². The summed E-state index contributed by atoms with van der Waals surface area (Å²) in [6.45, 7) is 1.12. The molecule has 0 spiro atoms. The summed E-state index contributed by atoms with van der Waals surface area (Å²) < 4.78 is 28.1. The van der Waals surface area contributed by atoms with E-state index in [9.17, 15) is 13.2 Å². The molecule has 166 valence electrons. The van der Waals surface area contributed by atoms with Gasteiger partial charge in [0.05, 0.1) is 9.48 Å². The monoisotopic (exact) mass is 476 g/mol. The quantitative estimate of drug-likeness (QED) is 0.628. The standard InChI is InChI=1S/C23H28N2O3S3/c26-22(18-9-11-19(12-10-18)23-29-15-6-16-30-23)24-20-7-5-8-21(17-20)31(27,28)25-13-3-1-2-4-14-25/h5,7-12,17,23H,1-4,6,13-16H2,(H,24,26). The summed E-state index contributed by atoms with van der Waals surface area (Å²) >= 11 is 3.90. The first-order valence-corrected chi connectivity index (χ1v) is 14.3. The maximum Gasteiger partial charge on any atom is 0.255 e. The highest BCUT2D eigenvalue weighted by atomic mass is 32.2. The molecular weight excluding hydrogens is 448 g/mol. The molecular formula is C23H28N2O3S3. The molecule has 0 saturated carbocycles. The van der Waals surface area contributed by atoms with Gasteiger partial charge in [0.1, 0.15) is 0 Å². The van der Waals surface area contributed by atoms with Crippen LogP contribution in [-0.2, 0) is 10.0 Å². The Bertz CT molecular complexity index is 995. The Kier molecular flexibility index (Phi) is 7.63. The van der Waals surface area contributed by atoms with E-state index in [-0.39, 0.29) is 10.8 Å². The van der Waals surface area contributed by atoms with E-state index < -0.39 is 10.0 Å². The molecule has 2 aliphatic heterocycles. The molecule has 2 aromatic carbocycles. The third-order valence-electron chi connectivity index (χ3n) is 5.57. The zero-order chi connectivity index (χ0) is 21.7. The zero-order valence-electron chi connectivity index (χ0n) is 17.5. The maximum atomic E-state index is 13.0. The lowest BCUT2D eigenvalue weighted by atomic mass is 10.1. The summed E-state index contributed by atoms with van der Waals surface area (Å²) in [6, 6.07) is 14.3. The lowest BCUT2D eigenvalue weighted by Crippen LogP contribution is -2.32. The van der Waals surface area contributed by atoms with Crippen LogP contribution in [0.2, 0.25) is 0 Å². The topological polar surface area (TPSA) is 66.5 Å². The minimum absolute atomic E-state index is 0.230. The van der Waals surface area contributed by atoms with Gasteiger partial charge in [-0.1, -0.05) is 31.0 Å². The fraction of sp³-hybridized carbons (Fsp3) is 0.435. The van der Waals surface area contributed by atoms with Gasteiger partial charge in [-0.3, -0.25) is 4.79 Å². The number of hydrogen-bond donors (Lipinski definition) is 1. The molecule has 0 bridgehead atoms. The average molecular weight is 477 g/mol. The smallest absolute Gasteiger partial charge is 0.255 e. The molecule has 2 aromatic rings. The van der Waals surface area contributed by atoms with Gasteiger partial charge in [0.15, 0.2) is 0 Å². The maximum absolute atomic E-state index is 13.0. The highest BCUT2D eigenvalue weighted by Crippen LogP contribution is 2.43. The van der Waals surface area contributed by atoms with E-state index in [0.29, 0.717) is 28.9 Å². The first kappa shape index (κ1) is 22.7. The molecule has 31 heavy (non-hydrogen) atoms. The Hall–Kier alpha value is -1.48. The van der Waals surface area contributed by atoms with Crippen molar-refractivity contribution < 1.29 is 13.2 Å². The second kappa shape index (κ2) is 10.4. The van der Waals surface area contributed by atoms with Crippen molar-refractivity contribution in [2.75, 3.05) is 29.9 Å². The van der Waals surface area contributed by atoms with Gasteiger partial charge < -0.3 is 5.32 Å². The number of thioether (sulfide) groups is 2. The van der Waals surface area contributed by atoms with Crippen molar-refractivity contribution in [3.63, 3.8) is 0 Å². The summed E-state index contributed by atoms with van der Waals surface area (Å²) in [7, 11) is -3.55. The predicted octanol–water partition coefficient (Wildman–Crippen LogP) is 5.37. The second-order valence-electron chi connectivity index (χ2n) is 7.85. The molecule has 1 amide bonds. The van der Waals surface area contributed by atoms with Crippen molar-refractivity contribution in [1.29, 1.82) is 0 Å². The fourth-order valence-electron chi connectivity index (χ4n) is 3.84. The number of sulfonamides is 1. The van der Waals surface area contributed by atoms with Crippen molar-refractivity contribution >= 4 is 45.1 Å². The van der Waals surface area contributed by atoms with Crippen molar-refractivity contribution in [3.8, 4) is 0 Å². The number of rotatable bonds is 5. The third-order valence-corrected chi connectivity index (χ3v) is 10.5. The molecule has 8 heteroatoms. The Morgan fingerprint density at radius 2 is 1.58 bits per heavy atom. The molecule has 2 aliphatic rings. The van der Waals surface area contributed by atoms with Crippen molar-refractivity contribution in [3.05, 3.63) is 59.7 Å². The van der Waals surface area contributed by atoms with Gasteiger partial charge in [-0.15, -0.1) is 23.5 Å². The lowest BCUT2D eigenvalue weighted by Gasteiger charge is -2.21. The number of carbonyl (C=O) groups excluding carboxylic acids is 1. The number of amides is 1. The summed E-state index contributed by atoms with van der Waals surface area (Å²) in [4.78, 5) is 13.0. The SMILES string of the molecule is O=C(Nc1cccc(S(=O)(=O)N2CCCCCC2)c1)c1ccc(C2SCCCS2)cc1. The number of nitrogens with one attached hydrogen (secondary N) is 1. The molecule has 2 saturated heterocycles. The summed E-state index contributed by atoms with van der Waals surface area (Å²) in [5.74, 6) is 2.12. The van der Waals surface area contributed by atoms with Crippen LogP contribution in [0.1, 0.15) is 52.6 Å². The number of anilines is 1. The molecule has 0 aromatic heterocycles. The van der Waals surface area contributed by atoms with E-state index in [2.05, 4.69) is 5.32 Å². The number of benzene rings is 2.